The lowest BCUT2D eigenvalue weighted by atomic mass is 9.77. The molecule has 0 unspecified atom stereocenters. The lowest BCUT2D eigenvalue weighted by Crippen LogP contribution is -2.29. The van der Waals surface area contributed by atoms with Crippen LogP contribution in [0.1, 0.15) is 35.1 Å². The van der Waals surface area contributed by atoms with Crippen molar-refractivity contribution in [2.75, 3.05) is 24.3 Å². The second-order valence-electron chi connectivity index (χ2n) is 8.78. The zero-order chi connectivity index (χ0) is 23.9. The summed E-state index contributed by atoms with van der Waals surface area (Å²) in [4.78, 5) is 0.228. The van der Waals surface area contributed by atoms with E-state index in [1.165, 1.54) is 7.11 Å². The Kier molecular flexibility index (Phi) is 5.73. The zero-order valence-electron chi connectivity index (χ0n) is 19.4. The summed E-state index contributed by atoms with van der Waals surface area (Å²) >= 11 is 0. The number of fused-ring (bicyclic) bond motifs is 3. The van der Waals surface area contributed by atoms with E-state index in [4.69, 9.17) is 9.47 Å². The fourth-order valence-corrected chi connectivity index (χ4v) is 6.17. The SMILES string of the molecule is COc1ccc(C)cc1NS(=O)(=O)c1ccc2c(c1)[C@H]1C=CC[C@H]1[C@@H](c1ccccc1OC)N2. The molecule has 0 spiro atoms. The Morgan fingerprint density at radius 2 is 1.74 bits per heavy atom. The van der Waals surface area contributed by atoms with Crippen LogP contribution in [0.5, 0.6) is 11.5 Å². The summed E-state index contributed by atoms with van der Waals surface area (Å²) < 4.78 is 40.3. The minimum absolute atomic E-state index is 0.0702. The van der Waals surface area contributed by atoms with Gasteiger partial charge in [0.05, 0.1) is 30.8 Å². The molecule has 5 rings (SSSR count). The Morgan fingerprint density at radius 1 is 0.941 bits per heavy atom. The van der Waals surface area contributed by atoms with Crippen LogP contribution >= 0.6 is 0 Å². The Bertz CT molecular complexity index is 1370. The molecule has 2 aliphatic rings. The van der Waals surface area contributed by atoms with E-state index >= 15 is 0 Å². The first-order chi connectivity index (χ1) is 16.4. The van der Waals surface area contributed by atoms with Gasteiger partial charge in [-0.25, -0.2) is 8.42 Å². The number of ether oxygens (including phenoxy) is 2. The van der Waals surface area contributed by atoms with Crippen molar-refractivity contribution in [2.45, 2.75) is 30.2 Å². The number of benzene rings is 3. The number of aryl methyl sites for hydroxylation is 1. The van der Waals surface area contributed by atoms with Crippen molar-refractivity contribution in [3.63, 3.8) is 0 Å². The number of allylic oxidation sites excluding steroid dienone is 2. The van der Waals surface area contributed by atoms with Gasteiger partial charge in [0, 0.05) is 17.2 Å². The van der Waals surface area contributed by atoms with Gasteiger partial charge in [-0.2, -0.15) is 0 Å². The van der Waals surface area contributed by atoms with Crippen molar-refractivity contribution in [1.82, 2.24) is 0 Å². The molecule has 3 atom stereocenters. The molecule has 0 fully saturated rings. The number of hydrogen-bond donors (Lipinski definition) is 2. The molecule has 6 nitrogen and oxygen atoms in total. The molecule has 0 amide bonds. The standard InChI is InChI=1S/C27H28N2O4S/c1-17-11-14-26(33-3)24(15-17)29-34(30,31)18-12-13-23-22(16-18)19-8-6-9-20(19)27(28-23)21-7-4-5-10-25(21)32-2/h4-8,10-16,19-20,27-29H,9H2,1-3H3/t19-,20+,27-/m0/s1. The lowest BCUT2D eigenvalue weighted by Gasteiger charge is -2.38. The molecule has 1 heterocycles. The van der Waals surface area contributed by atoms with Crippen LogP contribution < -0.4 is 19.5 Å². The second kappa shape index (κ2) is 8.72. The quantitative estimate of drug-likeness (QED) is 0.450. The normalized spacial score (nSPS) is 20.7. The highest BCUT2D eigenvalue weighted by molar-refractivity contribution is 7.92. The maximum atomic E-state index is 13.3. The Hall–Kier alpha value is -3.45. The highest BCUT2D eigenvalue weighted by atomic mass is 32.2. The first-order valence-electron chi connectivity index (χ1n) is 11.3. The second-order valence-corrected chi connectivity index (χ2v) is 10.5. The van der Waals surface area contributed by atoms with E-state index in [0.717, 1.165) is 34.5 Å². The molecule has 0 aromatic heterocycles. The third kappa shape index (κ3) is 3.90. The van der Waals surface area contributed by atoms with Crippen LogP contribution in [0, 0.1) is 12.8 Å². The Labute approximate surface area is 200 Å². The van der Waals surface area contributed by atoms with Gasteiger partial charge in [0.25, 0.3) is 10.0 Å². The van der Waals surface area contributed by atoms with Gasteiger partial charge < -0.3 is 14.8 Å². The summed E-state index contributed by atoms with van der Waals surface area (Å²) in [7, 11) is -0.590. The molecule has 34 heavy (non-hydrogen) atoms. The fraction of sp³-hybridized carbons (Fsp3) is 0.259. The minimum Gasteiger partial charge on any atom is -0.496 e. The summed E-state index contributed by atoms with van der Waals surface area (Å²) in [6, 6.07) is 18.8. The van der Waals surface area contributed by atoms with Gasteiger partial charge in [0.1, 0.15) is 11.5 Å². The molecule has 7 heteroatoms. The maximum Gasteiger partial charge on any atom is 0.262 e. The van der Waals surface area contributed by atoms with E-state index in [2.05, 4.69) is 28.3 Å². The molecule has 0 saturated heterocycles. The Balaban J connectivity index is 1.51. The first kappa shape index (κ1) is 22.3. The van der Waals surface area contributed by atoms with Crippen LogP contribution in [-0.2, 0) is 10.0 Å². The van der Waals surface area contributed by atoms with Crippen molar-refractivity contribution >= 4 is 21.4 Å². The van der Waals surface area contributed by atoms with Crippen molar-refractivity contribution in [2.24, 2.45) is 5.92 Å². The molecule has 1 aliphatic heterocycles. The van der Waals surface area contributed by atoms with E-state index in [9.17, 15) is 8.42 Å². The largest absolute Gasteiger partial charge is 0.496 e. The summed E-state index contributed by atoms with van der Waals surface area (Å²) in [6.07, 6.45) is 5.29. The van der Waals surface area contributed by atoms with Gasteiger partial charge in [-0.05, 0) is 66.8 Å². The first-order valence-corrected chi connectivity index (χ1v) is 12.8. The third-order valence-corrected chi connectivity index (χ3v) is 8.08. The highest BCUT2D eigenvalue weighted by Gasteiger charge is 2.39. The van der Waals surface area contributed by atoms with Gasteiger partial charge in [0.2, 0.25) is 0 Å². The Morgan fingerprint density at radius 3 is 2.53 bits per heavy atom. The monoisotopic (exact) mass is 476 g/mol. The average Bonchev–Trinajstić information content (AvgIpc) is 3.33. The van der Waals surface area contributed by atoms with E-state index in [1.807, 2.05) is 37.3 Å². The van der Waals surface area contributed by atoms with Crippen LogP contribution in [0.4, 0.5) is 11.4 Å². The lowest BCUT2D eigenvalue weighted by molar-refractivity contribution is 0.381. The van der Waals surface area contributed by atoms with E-state index in [-0.39, 0.29) is 22.8 Å². The number of hydrogen-bond acceptors (Lipinski definition) is 5. The molecule has 3 aromatic carbocycles. The number of rotatable bonds is 6. The summed E-state index contributed by atoms with van der Waals surface area (Å²) in [5, 5.41) is 3.66. The summed E-state index contributed by atoms with van der Waals surface area (Å²) in [5.41, 5.74) is 4.40. The molecule has 0 bridgehead atoms. The fourth-order valence-electron chi connectivity index (χ4n) is 5.08. The number of para-hydroxylation sites is 1. The molecule has 3 aromatic rings. The smallest absolute Gasteiger partial charge is 0.262 e. The molecule has 2 N–H and O–H groups in total. The topological polar surface area (TPSA) is 76.7 Å². The van der Waals surface area contributed by atoms with Crippen LogP contribution in [0.3, 0.4) is 0 Å². The predicted molar refractivity (Wildman–Crippen MR) is 134 cm³/mol. The van der Waals surface area contributed by atoms with Gasteiger partial charge >= 0.3 is 0 Å². The molecular weight excluding hydrogens is 448 g/mol. The van der Waals surface area contributed by atoms with Gasteiger partial charge in [0.15, 0.2) is 0 Å². The van der Waals surface area contributed by atoms with Crippen molar-refractivity contribution in [1.29, 1.82) is 0 Å². The number of anilines is 2. The molecule has 0 saturated carbocycles. The predicted octanol–water partition coefficient (Wildman–Crippen LogP) is 5.64. The van der Waals surface area contributed by atoms with Crippen LogP contribution in [-0.4, -0.2) is 22.6 Å². The van der Waals surface area contributed by atoms with Crippen LogP contribution in [0.2, 0.25) is 0 Å². The van der Waals surface area contributed by atoms with Gasteiger partial charge in [-0.3, -0.25) is 4.72 Å². The summed E-state index contributed by atoms with van der Waals surface area (Å²) in [5.74, 6) is 1.72. The van der Waals surface area contributed by atoms with Crippen LogP contribution in [0.25, 0.3) is 0 Å². The van der Waals surface area contributed by atoms with E-state index in [0.29, 0.717) is 11.4 Å². The number of methoxy groups -OCH3 is 2. The summed E-state index contributed by atoms with van der Waals surface area (Å²) in [6.45, 7) is 1.91. The zero-order valence-corrected chi connectivity index (χ0v) is 20.2. The molecule has 0 radical (unpaired) electrons. The third-order valence-electron chi connectivity index (χ3n) is 6.72. The number of nitrogens with one attached hydrogen (secondary N) is 2. The van der Waals surface area contributed by atoms with E-state index in [1.54, 1.807) is 31.4 Å². The molecule has 176 valence electrons. The highest BCUT2D eigenvalue weighted by Crippen LogP contribution is 2.51. The van der Waals surface area contributed by atoms with Crippen molar-refractivity contribution < 1.29 is 17.9 Å². The van der Waals surface area contributed by atoms with Gasteiger partial charge in [-0.15, -0.1) is 0 Å². The average molecular weight is 477 g/mol. The van der Waals surface area contributed by atoms with Gasteiger partial charge in [-0.1, -0.05) is 36.4 Å². The minimum atomic E-state index is -3.80. The number of sulfonamides is 1. The van der Waals surface area contributed by atoms with Crippen LogP contribution in [0.15, 0.2) is 77.7 Å². The molecule has 1 aliphatic carbocycles. The van der Waals surface area contributed by atoms with E-state index < -0.39 is 10.0 Å². The maximum absolute atomic E-state index is 13.3. The van der Waals surface area contributed by atoms with Crippen molar-refractivity contribution in [3.05, 3.63) is 89.5 Å². The van der Waals surface area contributed by atoms with Crippen molar-refractivity contribution in [3.8, 4) is 11.5 Å². The molecular formula is C27H28N2O4S.